The summed E-state index contributed by atoms with van der Waals surface area (Å²) in [5.74, 6) is -0.00758. The number of phenols is 1. The fourth-order valence-corrected chi connectivity index (χ4v) is 2.44. The molecule has 0 aromatic heterocycles. The van der Waals surface area contributed by atoms with Crippen LogP contribution in [0.15, 0.2) is 42.5 Å². The van der Waals surface area contributed by atoms with Crippen LogP contribution in [0.5, 0.6) is 5.75 Å². The molecule has 1 aliphatic rings. The number of amides is 1. The van der Waals surface area contributed by atoms with Crippen molar-refractivity contribution in [1.29, 1.82) is 0 Å². The third-order valence-corrected chi connectivity index (χ3v) is 3.52. The number of aromatic hydroxyl groups is 1. The van der Waals surface area contributed by atoms with Gasteiger partial charge in [0.1, 0.15) is 5.75 Å². The van der Waals surface area contributed by atoms with Gasteiger partial charge in [-0.25, -0.2) is 0 Å². The molecule has 102 valence electrons. The maximum atomic E-state index is 12.2. The second-order valence-electron chi connectivity index (χ2n) is 4.87. The Kier molecular flexibility index (Phi) is 3.39. The van der Waals surface area contributed by atoms with E-state index >= 15 is 0 Å². The molecule has 3 N–H and O–H groups in total. The highest BCUT2D eigenvalue weighted by Gasteiger charge is 2.14. The number of anilines is 1. The summed E-state index contributed by atoms with van der Waals surface area (Å²) < 4.78 is 0. The second-order valence-corrected chi connectivity index (χ2v) is 4.87. The third kappa shape index (κ3) is 2.51. The van der Waals surface area contributed by atoms with Gasteiger partial charge in [0.15, 0.2) is 0 Å². The first kappa shape index (κ1) is 12.7. The van der Waals surface area contributed by atoms with Gasteiger partial charge in [0.25, 0.3) is 5.91 Å². The van der Waals surface area contributed by atoms with Crippen LogP contribution in [0.3, 0.4) is 0 Å². The van der Waals surface area contributed by atoms with Gasteiger partial charge in [-0.3, -0.25) is 4.79 Å². The molecule has 0 fully saturated rings. The van der Waals surface area contributed by atoms with E-state index in [2.05, 4.69) is 16.7 Å². The second kappa shape index (κ2) is 5.35. The smallest absolute Gasteiger partial charge is 0.255 e. The van der Waals surface area contributed by atoms with E-state index in [0.29, 0.717) is 5.56 Å². The maximum Gasteiger partial charge on any atom is 0.255 e. The number of benzene rings is 2. The highest BCUT2D eigenvalue weighted by atomic mass is 16.3. The average molecular weight is 268 g/mol. The summed E-state index contributed by atoms with van der Waals surface area (Å²) in [5.41, 5.74) is 3.83. The Morgan fingerprint density at radius 1 is 1.15 bits per heavy atom. The Morgan fingerprint density at radius 2 is 1.95 bits per heavy atom. The van der Waals surface area contributed by atoms with E-state index in [-0.39, 0.29) is 11.7 Å². The molecule has 4 nitrogen and oxygen atoms in total. The number of carbonyl (C=O) groups excluding carboxylic acids is 1. The quantitative estimate of drug-likeness (QED) is 0.783. The molecule has 1 amide bonds. The summed E-state index contributed by atoms with van der Waals surface area (Å²) in [6.07, 6.45) is 0.984. The molecule has 1 heterocycles. The van der Waals surface area contributed by atoms with Crippen molar-refractivity contribution in [2.45, 2.75) is 13.0 Å². The van der Waals surface area contributed by atoms with Gasteiger partial charge in [0.2, 0.25) is 0 Å². The summed E-state index contributed by atoms with van der Waals surface area (Å²) >= 11 is 0. The molecule has 0 unspecified atom stereocenters. The minimum atomic E-state index is -0.163. The van der Waals surface area contributed by atoms with E-state index < -0.39 is 0 Å². The van der Waals surface area contributed by atoms with Crippen LogP contribution >= 0.6 is 0 Å². The van der Waals surface area contributed by atoms with E-state index in [1.54, 1.807) is 12.1 Å². The van der Waals surface area contributed by atoms with Crippen molar-refractivity contribution in [2.24, 2.45) is 0 Å². The van der Waals surface area contributed by atoms with E-state index in [9.17, 15) is 9.90 Å². The average Bonchev–Trinajstić information content (AvgIpc) is 2.48. The number of fused-ring (bicyclic) bond motifs is 1. The summed E-state index contributed by atoms with van der Waals surface area (Å²) in [6, 6.07) is 12.2. The molecule has 4 heteroatoms. The van der Waals surface area contributed by atoms with Crippen LogP contribution in [-0.4, -0.2) is 17.6 Å². The van der Waals surface area contributed by atoms with Gasteiger partial charge >= 0.3 is 0 Å². The molecular weight excluding hydrogens is 252 g/mol. The molecule has 1 aliphatic heterocycles. The first-order valence-corrected chi connectivity index (χ1v) is 6.66. The van der Waals surface area contributed by atoms with Gasteiger partial charge in [-0.2, -0.15) is 0 Å². The standard InChI is InChI=1S/C16H16N2O2/c19-13-6-4-12(5-7-13)16(20)18-15-3-1-2-11-8-9-17-10-14(11)15/h1-7,17,19H,8-10H2,(H,18,20). The van der Waals surface area contributed by atoms with Gasteiger partial charge in [-0.15, -0.1) is 0 Å². The number of hydrogen-bond acceptors (Lipinski definition) is 3. The van der Waals surface area contributed by atoms with Gasteiger partial charge in [-0.05, 0) is 54.4 Å². The van der Waals surface area contributed by atoms with E-state index in [1.165, 1.54) is 17.7 Å². The normalized spacial score (nSPS) is 13.6. The van der Waals surface area contributed by atoms with Gasteiger partial charge < -0.3 is 15.7 Å². The van der Waals surface area contributed by atoms with Crippen LogP contribution in [0.25, 0.3) is 0 Å². The highest BCUT2D eigenvalue weighted by molar-refractivity contribution is 6.04. The molecular formula is C16H16N2O2. The molecule has 0 atom stereocenters. The Labute approximate surface area is 117 Å². The number of hydrogen-bond donors (Lipinski definition) is 3. The van der Waals surface area contributed by atoms with Crippen molar-refractivity contribution in [3.63, 3.8) is 0 Å². The van der Waals surface area contributed by atoms with Crippen LogP contribution in [0.1, 0.15) is 21.5 Å². The van der Waals surface area contributed by atoms with Crippen molar-refractivity contribution in [1.82, 2.24) is 5.32 Å². The van der Waals surface area contributed by atoms with Crippen LogP contribution in [0, 0.1) is 0 Å². The van der Waals surface area contributed by atoms with Crippen LogP contribution in [0.2, 0.25) is 0 Å². The zero-order valence-electron chi connectivity index (χ0n) is 11.0. The summed E-state index contributed by atoms with van der Waals surface area (Å²) in [4.78, 5) is 12.2. The fourth-order valence-electron chi connectivity index (χ4n) is 2.44. The predicted molar refractivity (Wildman–Crippen MR) is 77.9 cm³/mol. The predicted octanol–water partition coefficient (Wildman–Crippen LogP) is 2.29. The Morgan fingerprint density at radius 3 is 2.75 bits per heavy atom. The topological polar surface area (TPSA) is 61.4 Å². The van der Waals surface area contributed by atoms with Gasteiger partial charge in [-0.1, -0.05) is 12.1 Å². The minimum absolute atomic E-state index is 0.155. The van der Waals surface area contributed by atoms with Crippen molar-refractivity contribution >= 4 is 11.6 Å². The third-order valence-electron chi connectivity index (χ3n) is 3.52. The molecule has 2 aromatic carbocycles. The van der Waals surface area contributed by atoms with Crippen LogP contribution in [0.4, 0.5) is 5.69 Å². The lowest BCUT2D eigenvalue weighted by Crippen LogP contribution is -2.25. The molecule has 0 bridgehead atoms. The maximum absolute atomic E-state index is 12.2. The lowest BCUT2D eigenvalue weighted by Gasteiger charge is -2.20. The monoisotopic (exact) mass is 268 g/mol. The number of nitrogens with one attached hydrogen (secondary N) is 2. The molecule has 3 rings (SSSR count). The van der Waals surface area contributed by atoms with E-state index in [0.717, 1.165) is 30.8 Å². The van der Waals surface area contributed by atoms with Crippen molar-refractivity contribution in [3.05, 3.63) is 59.2 Å². The molecule has 0 radical (unpaired) electrons. The molecule has 0 spiro atoms. The Bertz CT molecular complexity index is 635. The Hall–Kier alpha value is -2.33. The van der Waals surface area contributed by atoms with Crippen molar-refractivity contribution in [2.75, 3.05) is 11.9 Å². The largest absolute Gasteiger partial charge is 0.508 e. The fraction of sp³-hybridized carbons (Fsp3) is 0.188. The zero-order chi connectivity index (χ0) is 13.9. The van der Waals surface area contributed by atoms with Crippen LogP contribution in [-0.2, 0) is 13.0 Å². The summed E-state index contributed by atoms with van der Waals surface area (Å²) in [5, 5.41) is 15.5. The summed E-state index contributed by atoms with van der Waals surface area (Å²) in [7, 11) is 0. The van der Waals surface area contributed by atoms with Crippen molar-refractivity contribution in [3.8, 4) is 5.75 Å². The number of carbonyl (C=O) groups is 1. The Balaban J connectivity index is 1.84. The number of rotatable bonds is 2. The van der Waals surface area contributed by atoms with Gasteiger partial charge in [0.05, 0.1) is 0 Å². The highest BCUT2D eigenvalue weighted by Crippen LogP contribution is 2.23. The molecule has 2 aromatic rings. The molecule has 20 heavy (non-hydrogen) atoms. The van der Waals surface area contributed by atoms with E-state index in [1.807, 2.05) is 12.1 Å². The SMILES string of the molecule is O=C(Nc1cccc2c1CNCC2)c1ccc(O)cc1. The van der Waals surface area contributed by atoms with Crippen molar-refractivity contribution < 1.29 is 9.90 Å². The first-order chi connectivity index (χ1) is 9.74. The molecule has 0 saturated carbocycles. The molecule has 0 saturated heterocycles. The summed E-state index contributed by atoms with van der Waals surface area (Å²) in [6.45, 7) is 1.75. The minimum Gasteiger partial charge on any atom is -0.508 e. The lowest BCUT2D eigenvalue weighted by atomic mass is 9.99. The number of phenolic OH excluding ortho intramolecular Hbond substituents is 1. The van der Waals surface area contributed by atoms with Crippen LogP contribution < -0.4 is 10.6 Å². The van der Waals surface area contributed by atoms with Gasteiger partial charge in [0, 0.05) is 17.8 Å². The zero-order valence-corrected chi connectivity index (χ0v) is 11.0. The van der Waals surface area contributed by atoms with E-state index in [4.69, 9.17) is 0 Å². The lowest BCUT2D eigenvalue weighted by molar-refractivity contribution is 0.102. The molecule has 0 aliphatic carbocycles. The first-order valence-electron chi connectivity index (χ1n) is 6.66.